The summed E-state index contributed by atoms with van der Waals surface area (Å²) in [6.07, 6.45) is 2.51. The first-order valence-corrected chi connectivity index (χ1v) is 14.3. The normalized spacial score (nSPS) is 17.6. The molecule has 0 bridgehead atoms. The number of ether oxygens (including phenoxy) is 2. The lowest BCUT2D eigenvalue weighted by Gasteiger charge is -2.34. The molecule has 2 aliphatic heterocycles. The van der Waals surface area contributed by atoms with Gasteiger partial charge in [-0.2, -0.15) is 5.10 Å². The molecule has 6 rings (SSSR count). The molecule has 0 aromatic carbocycles. The van der Waals surface area contributed by atoms with E-state index in [2.05, 4.69) is 9.88 Å². The van der Waals surface area contributed by atoms with E-state index < -0.39 is 0 Å². The Bertz CT molecular complexity index is 1480. The first kappa shape index (κ1) is 25.3. The Kier molecular flexibility index (Phi) is 6.84. The summed E-state index contributed by atoms with van der Waals surface area (Å²) in [5.41, 5.74) is 1.88. The number of aryl methyl sites for hydroxylation is 1. The average molecular weight is 575 g/mol. The van der Waals surface area contributed by atoms with E-state index in [1.165, 1.54) is 0 Å². The van der Waals surface area contributed by atoms with Crippen LogP contribution >= 0.6 is 34.3 Å². The van der Waals surface area contributed by atoms with Crippen molar-refractivity contribution < 1.29 is 14.3 Å². The average Bonchev–Trinajstić information content (AvgIpc) is 3.62. The fraction of sp³-hybridized carbons (Fsp3) is 0.458. The van der Waals surface area contributed by atoms with Gasteiger partial charge in [0.25, 0.3) is 5.91 Å². The minimum Gasteiger partial charge on any atom is -0.481 e. The van der Waals surface area contributed by atoms with E-state index >= 15 is 0 Å². The summed E-state index contributed by atoms with van der Waals surface area (Å²) in [5, 5.41) is 6.77. The van der Waals surface area contributed by atoms with Crippen LogP contribution in [-0.4, -0.2) is 88.9 Å². The monoisotopic (exact) mass is 574 g/mol. The van der Waals surface area contributed by atoms with Crippen molar-refractivity contribution in [3.05, 3.63) is 44.8 Å². The van der Waals surface area contributed by atoms with Crippen LogP contribution in [-0.2, 0) is 16.0 Å². The predicted molar refractivity (Wildman–Crippen MR) is 147 cm³/mol. The molecule has 0 spiro atoms. The SMILES string of the molecule is Cc1nn2c3c(nc2s1)CCN(C(=O)COc1ccc(N(C)C)nc1Cl)C3c1cnc(N2CCOCC2)s1. The Morgan fingerprint density at radius 1 is 1.21 bits per heavy atom. The Hall–Kier alpha value is -3.00. The van der Waals surface area contributed by atoms with E-state index in [1.807, 2.05) is 41.5 Å². The molecule has 2 aliphatic rings. The summed E-state index contributed by atoms with van der Waals surface area (Å²) in [6.45, 7) is 5.26. The maximum atomic E-state index is 13.7. The summed E-state index contributed by atoms with van der Waals surface area (Å²) < 4.78 is 13.2. The highest BCUT2D eigenvalue weighted by Crippen LogP contribution is 2.40. The van der Waals surface area contributed by atoms with Gasteiger partial charge in [-0.25, -0.2) is 19.5 Å². The van der Waals surface area contributed by atoms with Crippen LogP contribution in [0.5, 0.6) is 5.75 Å². The van der Waals surface area contributed by atoms with Gasteiger partial charge in [-0.3, -0.25) is 4.79 Å². The second kappa shape index (κ2) is 10.3. The molecule has 200 valence electrons. The zero-order valence-corrected chi connectivity index (χ0v) is 23.6. The van der Waals surface area contributed by atoms with Gasteiger partial charge < -0.3 is 24.2 Å². The Morgan fingerprint density at radius 2 is 2.03 bits per heavy atom. The fourth-order valence-corrected chi connectivity index (χ4v) is 6.77. The number of hydrogen-bond donors (Lipinski definition) is 0. The van der Waals surface area contributed by atoms with Crippen LogP contribution in [0.3, 0.4) is 0 Å². The number of morpholine rings is 1. The molecule has 0 radical (unpaired) electrons. The van der Waals surface area contributed by atoms with Crippen molar-refractivity contribution in [1.82, 2.24) is 29.5 Å². The van der Waals surface area contributed by atoms with Gasteiger partial charge in [0.1, 0.15) is 16.9 Å². The van der Waals surface area contributed by atoms with Gasteiger partial charge in [-0.1, -0.05) is 34.3 Å². The maximum Gasteiger partial charge on any atom is 0.261 e. The number of aromatic nitrogens is 5. The molecule has 0 N–H and O–H groups in total. The lowest BCUT2D eigenvalue weighted by Crippen LogP contribution is -2.43. The number of carbonyl (C=O) groups is 1. The molecular weight excluding hydrogens is 548 g/mol. The van der Waals surface area contributed by atoms with Crippen LogP contribution < -0.4 is 14.5 Å². The van der Waals surface area contributed by atoms with Gasteiger partial charge in [0.2, 0.25) is 4.96 Å². The molecule has 1 saturated heterocycles. The van der Waals surface area contributed by atoms with E-state index in [1.54, 1.807) is 34.8 Å². The third-order valence-corrected chi connectivity index (χ3v) is 8.77. The number of halogens is 1. The second-order valence-corrected chi connectivity index (χ2v) is 11.8. The van der Waals surface area contributed by atoms with Crippen molar-refractivity contribution >= 4 is 56.1 Å². The molecule has 4 aromatic rings. The molecule has 38 heavy (non-hydrogen) atoms. The number of fused-ring (bicyclic) bond motifs is 3. The molecule has 1 fully saturated rings. The second-order valence-electron chi connectivity index (χ2n) is 9.28. The number of pyridine rings is 1. The number of imidazole rings is 1. The highest BCUT2D eigenvalue weighted by molar-refractivity contribution is 7.16. The minimum absolute atomic E-state index is 0.156. The number of anilines is 2. The van der Waals surface area contributed by atoms with Gasteiger partial charge in [0.15, 0.2) is 22.6 Å². The van der Waals surface area contributed by atoms with Crippen molar-refractivity contribution in [1.29, 1.82) is 0 Å². The van der Waals surface area contributed by atoms with Crippen LogP contribution in [0, 0.1) is 6.92 Å². The number of thiazole rings is 1. The van der Waals surface area contributed by atoms with Gasteiger partial charge in [0, 0.05) is 46.3 Å². The van der Waals surface area contributed by atoms with Crippen molar-refractivity contribution in [2.45, 2.75) is 19.4 Å². The molecule has 0 saturated carbocycles. The number of amides is 1. The number of hydrogen-bond acceptors (Lipinski definition) is 11. The van der Waals surface area contributed by atoms with E-state index in [0.717, 1.165) is 44.5 Å². The largest absolute Gasteiger partial charge is 0.481 e. The maximum absolute atomic E-state index is 13.7. The topological polar surface area (TPSA) is 101 Å². The third-order valence-electron chi connectivity index (χ3n) is 6.57. The number of rotatable bonds is 6. The molecule has 1 unspecified atom stereocenters. The summed E-state index contributed by atoms with van der Waals surface area (Å²) in [4.78, 5) is 35.3. The molecule has 6 heterocycles. The zero-order valence-electron chi connectivity index (χ0n) is 21.3. The first-order chi connectivity index (χ1) is 18.4. The van der Waals surface area contributed by atoms with Crippen LogP contribution in [0.2, 0.25) is 5.15 Å². The predicted octanol–water partition coefficient (Wildman–Crippen LogP) is 3.06. The van der Waals surface area contributed by atoms with Crippen molar-refractivity contribution in [2.75, 3.05) is 63.4 Å². The molecule has 4 aromatic heterocycles. The Labute approximate surface area is 232 Å². The molecule has 1 amide bonds. The lowest BCUT2D eigenvalue weighted by atomic mass is 10.0. The summed E-state index contributed by atoms with van der Waals surface area (Å²) in [7, 11) is 3.77. The summed E-state index contributed by atoms with van der Waals surface area (Å²) in [6, 6.07) is 3.17. The minimum atomic E-state index is -0.372. The van der Waals surface area contributed by atoms with Gasteiger partial charge in [-0.15, -0.1) is 0 Å². The van der Waals surface area contributed by atoms with Gasteiger partial charge >= 0.3 is 0 Å². The third kappa shape index (κ3) is 4.68. The Balaban J connectivity index is 1.31. The molecular formula is C24H27ClN8O3S2. The smallest absolute Gasteiger partial charge is 0.261 e. The Morgan fingerprint density at radius 3 is 2.79 bits per heavy atom. The van der Waals surface area contributed by atoms with Crippen molar-refractivity contribution in [2.24, 2.45) is 0 Å². The van der Waals surface area contributed by atoms with E-state index in [4.69, 9.17) is 36.1 Å². The van der Waals surface area contributed by atoms with Crippen molar-refractivity contribution in [3.8, 4) is 5.75 Å². The van der Waals surface area contributed by atoms with E-state index in [9.17, 15) is 4.79 Å². The van der Waals surface area contributed by atoms with E-state index in [-0.39, 0.29) is 23.7 Å². The highest BCUT2D eigenvalue weighted by Gasteiger charge is 2.38. The fourth-order valence-electron chi connectivity index (χ4n) is 4.71. The van der Waals surface area contributed by atoms with Crippen LogP contribution in [0.15, 0.2) is 18.3 Å². The summed E-state index contributed by atoms with van der Waals surface area (Å²) in [5.74, 6) is 0.924. The number of nitrogens with zero attached hydrogens (tertiary/aromatic N) is 8. The molecule has 0 aliphatic carbocycles. The summed E-state index contributed by atoms with van der Waals surface area (Å²) >= 11 is 9.48. The van der Waals surface area contributed by atoms with Gasteiger partial charge in [0.05, 0.1) is 29.5 Å². The zero-order chi connectivity index (χ0) is 26.4. The standard InChI is InChI=1S/C24H27ClN8O3S2/c1-14-29-33-20-15(27-24(33)37-14)6-7-32(19(34)13-36-16-4-5-18(30(2)3)28-22(16)25)21(20)17-12-26-23(38-17)31-8-10-35-11-9-31/h4-5,12,21H,6-11,13H2,1-3H3. The van der Waals surface area contributed by atoms with Crippen LogP contribution in [0.25, 0.3) is 4.96 Å². The van der Waals surface area contributed by atoms with Gasteiger partial charge in [-0.05, 0) is 19.1 Å². The highest BCUT2D eigenvalue weighted by atomic mass is 35.5. The molecule has 11 nitrogen and oxygen atoms in total. The van der Waals surface area contributed by atoms with Crippen LogP contribution in [0.1, 0.15) is 27.3 Å². The first-order valence-electron chi connectivity index (χ1n) is 12.3. The molecule has 14 heteroatoms. The lowest BCUT2D eigenvalue weighted by molar-refractivity contribution is -0.135. The van der Waals surface area contributed by atoms with E-state index in [0.29, 0.717) is 37.7 Å². The van der Waals surface area contributed by atoms with Crippen molar-refractivity contribution in [3.63, 3.8) is 0 Å². The quantitative estimate of drug-likeness (QED) is 0.322. The molecule has 1 atom stereocenters. The van der Waals surface area contributed by atoms with Crippen LogP contribution in [0.4, 0.5) is 10.9 Å². The number of carbonyl (C=O) groups excluding carboxylic acids is 1.